The molecule has 4 rings (SSSR count). The van der Waals surface area contributed by atoms with Crippen molar-refractivity contribution in [1.29, 1.82) is 0 Å². The van der Waals surface area contributed by atoms with Crippen LogP contribution in [0.4, 0.5) is 5.69 Å². The number of aromatic nitrogens is 3. The number of nitrogens with one attached hydrogen (secondary N) is 1. The molecule has 3 aromatic heterocycles. The standard InChI is InChI=1S/C24H22N4O3/c1-5-22(29)27-18-8-16(9-19(12-18)30-3)17-10-20-21(14-28(2)24(20)26-13-17)15-6-7-25-23(11-15)31-4/h5-14H,1H2,2-4H3,(H,27,29). The molecular weight excluding hydrogens is 392 g/mol. The van der Waals surface area contributed by atoms with Crippen LogP contribution in [0.5, 0.6) is 11.6 Å². The van der Waals surface area contributed by atoms with Crippen LogP contribution >= 0.6 is 0 Å². The van der Waals surface area contributed by atoms with Crippen molar-refractivity contribution in [1.82, 2.24) is 14.5 Å². The number of amides is 1. The Morgan fingerprint density at radius 2 is 1.90 bits per heavy atom. The molecule has 4 aromatic rings. The van der Waals surface area contributed by atoms with E-state index in [1.54, 1.807) is 26.5 Å². The van der Waals surface area contributed by atoms with Crippen LogP contribution in [0, 0.1) is 0 Å². The van der Waals surface area contributed by atoms with E-state index in [1.807, 2.05) is 48.3 Å². The number of benzene rings is 1. The molecule has 7 heteroatoms. The molecule has 0 saturated carbocycles. The van der Waals surface area contributed by atoms with Gasteiger partial charge in [-0.3, -0.25) is 4.79 Å². The molecule has 156 valence electrons. The van der Waals surface area contributed by atoms with E-state index in [4.69, 9.17) is 9.47 Å². The summed E-state index contributed by atoms with van der Waals surface area (Å²) in [6.07, 6.45) is 6.80. The Morgan fingerprint density at radius 1 is 1.06 bits per heavy atom. The van der Waals surface area contributed by atoms with Gasteiger partial charge in [0.1, 0.15) is 11.4 Å². The number of hydrogen-bond donors (Lipinski definition) is 1. The number of methoxy groups -OCH3 is 2. The number of carbonyl (C=O) groups excluding carboxylic acids is 1. The highest BCUT2D eigenvalue weighted by Gasteiger charge is 2.13. The van der Waals surface area contributed by atoms with E-state index in [-0.39, 0.29) is 5.91 Å². The van der Waals surface area contributed by atoms with E-state index in [9.17, 15) is 4.79 Å². The molecule has 0 fully saturated rings. The Morgan fingerprint density at radius 3 is 2.65 bits per heavy atom. The van der Waals surface area contributed by atoms with Crippen molar-refractivity contribution in [2.45, 2.75) is 0 Å². The molecule has 0 saturated heterocycles. The second-order valence-electron chi connectivity index (χ2n) is 6.98. The third-order valence-electron chi connectivity index (χ3n) is 5.00. The lowest BCUT2D eigenvalue weighted by molar-refractivity contribution is -0.111. The molecule has 0 aliphatic heterocycles. The van der Waals surface area contributed by atoms with Gasteiger partial charge in [0.15, 0.2) is 0 Å². The van der Waals surface area contributed by atoms with E-state index < -0.39 is 0 Å². The van der Waals surface area contributed by atoms with Crippen LogP contribution in [0.1, 0.15) is 0 Å². The first-order valence-corrected chi connectivity index (χ1v) is 9.60. The molecule has 1 N–H and O–H groups in total. The van der Waals surface area contributed by atoms with Gasteiger partial charge in [-0.05, 0) is 41.5 Å². The molecule has 3 heterocycles. The molecule has 31 heavy (non-hydrogen) atoms. The lowest BCUT2D eigenvalue weighted by atomic mass is 10.0. The van der Waals surface area contributed by atoms with Crippen molar-refractivity contribution >= 4 is 22.6 Å². The minimum absolute atomic E-state index is 0.287. The minimum Gasteiger partial charge on any atom is -0.497 e. The molecular formula is C24H22N4O3. The van der Waals surface area contributed by atoms with Crippen LogP contribution in [-0.4, -0.2) is 34.7 Å². The first-order valence-electron chi connectivity index (χ1n) is 9.60. The third-order valence-corrected chi connectivity index (χ3v) is 5.00. The van der Waals surface area contributed by atoms with Crippen molar-refractivity contribution in [3.63, 3.8) is 0 Å². The molecule has 1 aromatic carbocycles. The summed E-state index contributed by atoms with van der Waals surface area (Å²) in [6.45, 7) is 3.50. The molecule has 0 aliphatic rings. The summed E-state index contributed by atoms with van der Waals surface area (Å²) in [5.74, 6) is 0.892. The molecule has 1 amide bonds. The summed E-state index contributed by atoms with van der Waals surface area (Å²) >= 11 is 0. The normalized spacial score (nSPS) is 10.7. The average Bonchev–Trinajstić information content (AvgIpc) is 3.14. The van der Waals surface area contributed by atoms with Crippen LogP contribution in [0.25, 0.3) is 33.3 Å². The number of pyridine rings is 2. The summed E-state index contributed by atoms with van der Waals surface area (Å²) in [5.41, 5.74) is 5.25. The number of anilines is 1. The summed E-state index contributed by atoms with van der Waals surface area (Å²) in [4.78, 5) is 20.6. The maximum Gasteiger partial charge on any atom is 0.247 e. The Hall–Kier alpha value is -4.13. The Balaban J connectivity index is 1.85. The highest BCUT2D eigenvalue weighted by Crippen LogP contribution is 2.35. The first-order chi connectivity index (χ1) is 15.0. The number of ether oxygens (including phenoxy) is 2. The van der Waals surface area contributed by atoms with Crippen molar-refractivity contribution in [3.05, 3.63) is 67.6 Å². The first kappa shape index (κ1) is 20.2. The summed E-state index contributed by atoms with van der Waals surface area (Å²) in [6, 6.07) is 11.5. The minimum atomic E-state index is -0.287. The topological polar surface area (TPSA) is 78.3 Å². The van der Waals surface area contributed by atoms with Crippen molar-refractivity contribution in [2.24, 2.45) is 7.05 Å². The molecule has 0 atom stereocenters. The van der Waals surface area contributed by atoms with Crippen LogP contribution < -0.4 is 14.8 Å². The van der Waals surface area contributed by atoms with E-state index >= 15 is 0 Å². The van der Waals surface area contributed by atoms with E-state index in [2.05, 4.69) is 27.9 Å². The smallest absolute Gasteiger partial charge is 0.247 e. The number of carbonyl (C=O) groups is 1. The largest absolute Gasteiger partial charge is 0.497 e. The SMILES string of the molecule is C=CC(=O)Nc1cc(OC)cc(-c2cnc3c(c2)c(-c2ccnc(OC)c2)cn3C)c1. The molecule has 0 radical (unpaired) electrons. The zero-order valence-electron chi connectivity index (χ0n) is 17.5. The Bertz CT molecular complexity index is 1290. The second kappa shape index (κ2) is 8.31. The highest BCUT2D eigenvalue weighted by atomic mass is 16.5. The second-order valence-corrected chi connectivity index (χ2v) is 6.98. The zero-order valence-corrected chi connectivity index (χ0v) is 17.5. The van der Waals surface area contributed by atoms with Gasteiger partial charge in [-0.2, -0.15) is 0 Å². The lowest BCUT2D eigenvalue weighted by Crippen LogP contribution is -2.07. The number of nitrogens with zero attached hydrogens (tertiary/aromatic N) is 3. The van der Waals surface area contributed by atoms with Crippen LogP contribution in [0.15, 0.2) is 67.6 Å². The van der Waals surface area contributed by atoms with E-state index in [0.29, 0.717) is 17.3 Å². The summed E-state index contributed by atoms with van der Waals surface area (Å²) in [7, 11) is 5.15. The quantitative estimate of drug-likeness (QED) is 0.472. The van der Waals surface area contributed by atoms with Crippen molar-refractivity contribution in [2.75, 3.05) is 19.5 Å². The number of fused-ring (bicyclic) bond motifs is 1. The summed E-state index contributed by atoms with van der Waals surface area (Å²) < 4.78 is 12.7. The van der Waals surface area contributed by atoms with Crippen LogP contribution in [0.3, 0.4) is 0 Å². The highest BCUT2D eigenvalue weighted by molar-refractivity contribution is 6.00. The summed E-state index contributed by atoms with van der Waals surface area (Å²) in [5, 5.41) is 3.78. The van der Waals surface area contributed by atoms with E-state index in [1.165, 1.54) is 6.08 Å². The van der Waals surface area contributed by atoms with Gasteiger partial charge < -0.3 is 19.4 Å². The van der Waals surface area contributed by atoms with Gasteiger partial charge >= 0.3 is 0 Å². The fourth-order valence-corrected chi connectivity index (χ4v) is 3.49. The maximum atomic E-state index is 11.8. The molecule has 7 nitrogen and oxygen atoms in total. The fourth-order valence-electron chi connectivity index (χ4n) is 3.49. The van der Waals surface area contributed by atoms with Gasteiger partial charge in [0, 0.05) is 60.0 Å². The van der Waals surface area contributed by atoms with Gasteiger partial charge in [0.05, 0.1) is 14.2 Å². The van der Waals surface area contributed by atoms with Crippen LogP contribution in [0.2, 0.25) is 0 Å². The number of hydrogen-bond acceptors (Lipinski definition) is 5. The Labute approximate surface area is 180 Å². The van der Waals surface area contributed by atoms with Gasteiger partial charge in [0.25, 0.3) is 0 Å². The fraction of sp³-hybridized carbons (Fsp3) is 0.125. The van der Waals surface area contributed by atoms with Crippen LogP contribution in [-0.2, 0) is 11.8 Å². The van der Waals surface area contributed by atoms with Gasteiger partial charge in [-0.15, -0.1) is 0 Å². The van der Waals surface area contributed by atoms with Gasteiger partial charge in [-0.25, -0.2) is 9.97 Å². The maximum absolute atomic E-state index is 11.8. The zero-order chi connectivity index (χ0) is 22.0. The predicted molar refractivity (Wildman–Crippen MR) is 121 cm³/mol. The molecule has 0 spiro atoms. The third kappa shape index (κ3) is 3.98. The predicted octanol–water partition coefficient (Wildman–Crippen LogP) is 4.44. The number of aryl methyl sites for hydroxylation is 1. The average molecular weight is 414 g/mol. The van der Waals surface area contributed by atoms with Crippen molar-refractivity contribution < 1.29 is 14.3 Å². The molecule has 0 aliphatic carbocycles. The monoisotopic (exact) mass is 414 g/mol. The van der Waals surface area contributed by atoms with Gasteiger partial charge in [-0.1, -0.05) is 6.58 Å². The van der Waals surface area contributed by atoms with Gasteiger partial charge in [0.2, 0.25) is 11.8 Å². The number of rotatable bonds is 6. The lowest BCUT2D eigenvalue weighted by Gasteiger charge is -2.10. The Kier molecular flexibility index (Phi) is 5.41. The molecule has 0 bridgehead atoms. The van der Waals surface area contributed by atoms with E-state index in [0.717, 1.165) is 33.3 Å². The van der Waals surface area contributed by atoms with Crippen molar-refractivity contribution in [3.8, 4) is 33.9 Å². The molecule has 0 unspecified atom stereocenters.